The van der Waals surface area contributed by atoms with Crippen molar-refractivity contribution in [2.24, 2.45) is 0 Å². The summed E-state index contributed by atoms with van der Waals surface area (Å²) in [5.74, 6) is 0.256. The Bertz CT molecular complexity index is 638. The van der Waals surface area contributed by atoms with Crippen LogP contribution in [0.3, 0.4) is 0 Å². The zero-order valence-electron chi connectivity index (χ0n) is 13.7. The first-order chi connectivity index (χ1) is 11.3. The molecule has 3 rings (SSSR count). The monoisotopic (exact) mass is 329 g/mol. The Morgan fingerprint density at radius 1 is 1.30 bits per heavy atom. The van der Waals surface area contributed by atoms with Crippen LogP contribution in [0.5, 0.6) is 0 Å². The Labute approximate surface area is 142 Å². The van der Waals surface area contributed by atoms with Crippen molar-refractivity contribution < 1.29 is 10.1 Å². The van der Waals surface area contributed by atoms with Crippen molar-refractivity contribution in [3.63, 3.8) is 0 Å². The Morgan fingerprint density at radius 2 is 2.13 bits per heavy atom. The highest BCUT2D eigenvalue weighted by atomic mass is 32.1. The molecular weight excluding hydrogens is 304 g/mol. The first-order valence-corrected chi connectivity index (χ1v) is 9.41. The molecule has 1 amide bonds. The quantitative estimate of drug-likeness (QED) is 0.813. The van der Waals surface area contributed by atoms with Crippen LogP contribution >= 0.6 is 11.3 Å². The van der Waals surface area contributed by atoms with Crippen LogP contribution in [0.2, 0.25) is 0 Å². The fourth-order valence-corrected chi connectivity index (χ4v) is 4.17. The SMILES string of the molecule is CCCC[NH2+]CC(=O)N1CCc2sccc2[C@@H]1c1ccccc1. The van der Waals surface area contributed by atoms with E-state index in [1.54, 1.807) is 0 Å². The van der Waals surface area contributed by atoms with Gasteiger partial charge in [0, 0.05) is 11.4 Å². The zero-order valence-corrected chi connectivity index (χ0v) is 14.5. The number of nitrogens with two attached hydrogens (primary N) is 1. The van der Waals surface area contributed by atoms with Crippen molar-refractivity contribution in [1.82, 2.24) is 4.90 Å². The van der Waals surface area contributed by atoms with Gasteiger partial charge in [0.2, 0.25) is 0 Å². The number of quaternary nitrogens is 1. The normalized spacial score (nSPS) is 17.1. The van der Waals surface area contributed by atoms with E-state index in [1.165, 1.54) is 28.8 Å². The first kappa shape index (κ1) is 16.2. The van der Waals surface area contributed by atoms with E-state index >= 15 is 0 Å². The Kier molecular flexibility index (Phi) is 5.47. The maximum Gasteiger partial charge on any atom is 0.278 e. The molecule has 0 saturated heterocycles. The second-order valence-corrected chi connectivity index (χ2v) is 7.09. The first-order valence-electron chi connectivity index (χ1n) is 8.53. The van der Waals surface area contributed by atoms with Crippen molar-refractivity contribution in [3.8, 4) is 0 Å². The minimum absolute atomic E-state index is 0.0817. The number of amides is 1. The summed E-state index contributed by atoms with van der Waals surface area (Å²) in [6, 6.07) is 12.7. The van der Waals surface area contributed by atoms with Gasteiger partial charge >= 0.3 is 0 Å². The summed E-state index contributed by atoms with van der Waals surface area (Å²) in [7, 11) is 0. The smallest absolute Gasteiger partial charge is 0.278 e. The maximum atomic E-state index is 12.8. The topological polar surface area (TPSA) is 36.9 Å². The van der Waals surface area contributed by atoms with Gasteiger partial charge in [0.1, 0.15) is 0 Å². The van der Waals surface area contributed by atoms with E-state index in [0.717, 1.165) is 19.5 Å². The summed E-state index contributed by atoms with van der Waals surface area (Å²) in [6.07, 6.45) is 3.33. The molecule has 0 fully saturated rings. The van der Waals surface area contributed by atoms with Crippen molar-refractivity contribution >= 4 is 17.2 Å². The fraction of sp³-hybridized carbons (Fsp3) is 0.421. The number of carbonyl (C=O) groups excluding carboxylic acids is 1. The number of benzene rings is 1. The van der Waals surface area contributed by atoms with Crippen molar-refractivity contribution in [2.45, 2.75) is 32.2 Å². The third-order valence-corrected chi connectivity index (χ3v) is 5.48. The van der Waals surface area contributed by atoms with Crippen molar-refractivity contribution in [2.75, 3.05) is 19.6 Å². The standard InChI is InChI=1S/C19H24N2OS/c1-2-3-11-20-14-18(22)21-12-9-17-16(10-13-23-17)19(21)15-7-5-4-6-8-15/h4-8,10,13,19-20H,2-3,9,11-12,14H2,1H3/p+1/t19-/m0/s1. The van der Waals surface area contributed by atoms with Crippen LogP contribution in [0, 0.1) is 0 Å². The second-order valence-electron chi connectivity index (χ2n) is 6.08. The lowest BCUT2D eigenvalue weighted by Crippen LogP contribution is -2.86. The van der Waals surface area contributed by atoms with E-state index in [0.29, 0.717) is 6.54 Å². The molecule has 23 heavy (non-hydrogen) atoms. The van der Waals surface area contributed by atoms with Gasteiger partial charge in [-0.05, 0) is 35.4 Å². The molecule has 1 aliphatic heterocycles. The lowest BCUT2D eigenvalue weighted by Gasteiger charge is -2.36. The highest BCUT2D eigenvalue weighted by Crippen LogP contribution is 2.37. The van der Waals surface area contributed by atoms with Gasteiger partial charge in [-0.15, -0.1) is 11.3 Å². The third-order valence-electron chi connectivity index (χ3n) is 4.48. The molecule has 0 unspecified atom stereocenters. The molecule has 3 nitrogen and oxygen atoms in total. The van der Waals surface area contributed by atoms with Crippen LogP contribution < -0.4 is 5.32 Å². The number of hydrogen-bond acceptors (Lipinski definition) is 2. The van der Waals surface area contributed by atoms with Crippen LogP contribution in [0.25, 0.3) is 0 Å². The van der Waals surface area contributed by atoms with Gasteiger partial charge in [-0.3, -0.25) is 4.79 Å². The molecule has 1 aliphatic rings. The highest BCUT2D eigenvalue weighted by molar-refractivity contribution is 7.10. The van der Waals surface area contributed by atoms with Crippen molar-refractivity contribution in [3.05, 3.63) is 57.8 Å². The van der Waals surface area contributed by atoms with Crippen LogP contribution in [0.1, 0.15) is 41.8 Å². The Balaban J connectivity index is 1.80. The average molecular weight is 329 g/mol. The predicted octanol–water partition coefficient (Wildman–Crippen LogP) is 2.59. The van der Waals surface area contributed by atoms with E-state index in [9.17, 15) is 4.79 Å². The number of carbonyl (C=O) groups is 1. The van der Waals surface area contributed by atoms with E-state index in [2.05, 4.69) is 52.9 Å². The maximum absolute atomic E-state index is 12.8. The summed E-state index contributed by atoms with van der Waals surface area (Å²) in [5, 5.41) is 4.30. The summed E-state index contributed by atoms with van der Waals surface area (Å²) < 4.78 is 0. The fourth-order valence-electron chi connectivity index (χ4n) is 3.27. The number of rotatable bonds is 6. The summed E-state index contributed by atoms with van der Waals surface area (Å²) in [4.78, 5) is 16.3. The second kappa shape index (κ2) is 7.75. The average Bonchev–Trinajstić information content (AvgIpc) is 3.07. The molecule has 2 aromatic rings. The predicted molar refractivity (Wildman–Crippen MR) is 94.6 cm³/mol. The van der Waals surface area contributed by atoms with Crippen molar-refractivity contribution in [1.29, 1.82) is 0 Å². The number of hydrogen-bond donors (Lipinski definition) is 1. The largest absolute Gasteiger partial charge is 0.338 e. The zero-order chi connectivity index (χ0) is 16.1. The number of nitrogens with zero attached hydrogens (tertiary/aromatic N) is 1. The van der Waals surface area contributed by atoms with Gasteiger partial charge in [-0.2, -0.15) is 0 Å². The van der Waals surface area contributed by atoms with Gasteiger partial charge in [-0.1, -0.05) is 43.7 Å². The highest BCUT2D eigenvalue weighted by Gasteiger charge is 2.32. The third kappa shape index (κ3) is 3.65. The van der Waals surface area contributed by atoms with Gasteiger partial charge in [-0.25, -0.2) is 0 Å². The number of thiophene rings is 1. The molecule has 4 heteroatoms. The van der Waals surface area contributed by atoms with Gasteiger partial charge in [0.25, 0.3) is 5.91 Å². The molecular formula is C19H25N2OS+. The van der Waals surface area contributed by atoms with Gasteiger partial charge in [0.15, 0.2) is 6.54 Å². The lowest BCUT2D eigenvalue weighted by atomic mass is 9.93. The molecule has 0 radical (unpaired) electrons. The molecule has 2 N–H and O–H groups in total. The number of fused-ring (bicyclic) bond motifs is 1. The molecule has 2 heterocycles. The molecule has 1 aromatic heterocycles. The molecule has 1 aromatic carbocycles. The molecule has 0 bridgehead atoms. The molecule has 0 saturated carbocycles. The van der Waals surface area contributed by atoms with E-state index in [1.807, 2.05) is 17.4 Å². The lowest BCUT2D eigenvalue weighted by molar-refractivity contribution is -0.644. The Hall–Kier alpha value is -1.65. The van der Waals surface area contributed by atoms with E-state index in [4.69, 9.17) is 0 Å². The minimum atomic E-state index is 0.0817. The van der Waals surface area contributed by atoms with Crippen LogP contribution in [-0.4, -0.2) is 30.4 Å². The van der Waals surface area contributed by atoms with Crippen LogP contribution in [0.4, 0.5) is 0 Å². The molecule has 0 aliphatic carbocycles. The van der Waals surface area contributed by atoms with Crippen LogP contribution in [-0.2, 0) is 11.2 Å². The van der Waals surface area contributed by atoms with Gasteiger partial charge in [0.05, 0.1) is 12.6 Å². The summed E-state index contributed by atoms with van der Waals surface area (Å²) >= 11 is 1.82. The summed E-state index contributed by atoms with van der Waals surface area (Å²) in [6.45, 7) is 4.61. The van der Waals surface area contributed by atoms with E-state index in [-0.39, 0.29) is 11.9 Å². The molecule has 1 atom stereocenters. The Morgan fingerprint density at radius 3 is 2.91 bits per heavy atom. The molecule has 122 valence electrons. The molecule has 0 spiro atoms. The van der Waals surface area contributed by atoms with Gasteiger partial charge < -0.3 is 10.2 Å². The summed E-state index contributed by atoms with van der Waals surface area (Å²) in [5.41, 5.74) is 2.53. The minimum Gasteiger partial charge on any atom is -0.338 e. The van der Waals surface area contributed by atoms with E-state index < -0.39 is 0 Å². The number of unbranched alkanes of at least 4 members (excludes halogenated alkanes) is 1. The van der Waals surface area contributed by atoms with Crippen LogP contribution in [0.15, 0.2) is 41.8 Å².